The second-order valence-electron chi connectivity index (χ2n) is 5.94. The van der Waals surface area contributed by atoms with Crippen molar-refractivity contribution in [2.75, 3.05) is 20.8 Å². The minimum absolute atomic E-state index is 0.00106. The van der Waals surface area contributed by atoms with Gasteiger partial charge in [-0.3, -0.25) is 9.59 Å². The van der Waals surface area contributed by atoms with Crippen LogP contribution in [0.3, 0.4) is 0 Å². The van der Waals surface area contributed by atoms with E-state index >= 15 is 0 Å². The van der Waals surface area contributed by atoms with Crippen molar-refractivity contribution >= 4 is 21.9 Å². The molecule has 0 bridgehead atoms. The van der Waals surface area contributed by atoms with Crippen molar-refractivity contribution in [2.24, 2.45) is 5.92 Å². The molecule has 1 saturated carbocycles. The molecule has 1 aromatic carbocycles. The lowest BCUT2D eigenvalue weighted by molar-refractivity contribution is -0.146. The zero-order chi connectivity index (χ0) is 19.3. The molecule has 0 radical (unpaired) electrons. The van der Waals surface area contributed by atoms with Gasteiger partial charge in [0.05, 0.1) is 25.0 Å². The zero-order valence-electron chi connectivity index (χ0n) is 14.5. The van der Waals surface area contributed by atoms with Crippen molar-refractivity contribution in [3.63, 3.8) is 0 Å². The number of carboxylic acid groups (broad SMARTS) is 1. The summed E-state index contributed by atoms with van der Waals surface area (Å²) in [6.07, 6.45) is 0.762. The smallest absolute Gasteiger partial charge is 0.306 e. The van der Waals surface area contributed by atoms with Crippen LogP contribution < -0.4 is 19.5 Å². The number of carboxylic acids is 1. The van der Waals surface area contributed by atoms with Crippen molar-refractivity contribution in [3.8, 4) is 11.5 Å². The molecule has 0 unspecified atom stereocenters. The van der Waals surface area contributed by atoms with E-state index in [4.69, 9.17) is 14.6 Å². The van der Waals surface area contributed by atoms with Gasteiger partial charge < -0.3 is 19.9 Å². The average Bonchev–Trinajstić information content (AvgIpc) is 2.56. The second-order valence-corrected chi connectivity index (χ2v) is 7.70. The Bertz CT molecular complexity index is 773. The van der Waals surface area contributed by atoms with E-state index in [-0.39, 0.29) is 35.6 Å². The Kier molecular flexibility index (Phi) is 6.43. The van der Waals surface area contributed by atoms with E-state index < -0.39 is 21.9 Å². The van der Waals surface area contributed by atoms with Gasteiger partial charge in [0.25, 0.3) is 0 Å². The molecule has 26 heavy (non-hydrogen) atoms. The maximum absolute atomic E-state index is 12.3. The fourth-order valence-corrected chi connectivity index (χ4v) is 3.65. The van der Waals surface area contributed by atoms with Gasteiger partial charge in [-0.2, -0.15) is 0 Å². The summed E-state index contributed by atoms with van der Waals surface area (Å²) in [5.74, 6) is -0.909. The molecule has 3 N–H and O–H groups in total. The van der Waals surface area contributed by atoms with Crippen molar-refractivity contribution in [1.29, 1.82) is 0 Å². The maximum atomic E-state index is 12.3. The summed E-state index contributed by atoms with van der Waals surface area (Å²) in [4.78, 5) is 22.5. The average molecular weight is 386 g/mol. The van der Waals surface area contributed by atoms with E-state index in [1.165, 1.54) is 32.4 Å². The summed E-state index contributed by atoms with van der Waals surface area (Å²) < 4.78 is 37.1. The molecule has 2 rings (SSSR count). The van der Waals surface area contributed by atoms with Gasteiger partial charge in [-0.1, -0.05) is 0 Å². The number of nitrogens with one attached hydrogen (secondary N) is 2. The molecule has 1 aliphatic rings. The predicted octanol–water partition coefficient (Wildman–Crippen LogP) is 0.352. The summed E-state index contributed by atoms with van der Waals surface area (Å²) in [6.45, 7) is -0.0718. The highest BCUT2D eigenvalue weighted by Gasteiger charge is 2.35. The van der Waals surface area contributed by atoms with Crippen LogP contribution >= 0.6 is 0 Å². The molecule has 0 aromatic heterocycles. The number of amides is 1. The molecule has 0 spiro atoms. The number of methoxy groups -OCH3 is 2. The topological polar surface area (TPSA) is 131 Å². The Hall–Kier alpha value is -2.33. The highest BCUT2D eigenvalue weighted by molar-refractivity contribution is 7.89. The predicted molar refractivity (Wildman–Crippen MR) is 91.6 cm³/mol. The zero-order valence-corrected chi connectivity index (χ0v) is 15.3. The van der Waals surface area contributed by atoms with Gasteiger partial charge >= 0.3 is 5.97 Å². The lowest BCUT2D eigenvalue weighted by atomic mass is 9.80. The number of rotatable bonds is 9. The molecular formula is C16H22N2O7S. The molecule has 0 atom stereocenters. The molecule has 0 heterocycles. The molecule has 9 nitrogen and oxygen atoms in total. The highest BCUT2D eigenvalue weighted by atomic mass is 32.2. The number of carbonyl (C=O) groups is 2. The van der Waals surface area contributed by atoms with Crippen LogP contribution in [0.4, 0.5) is 0 Å². The van der Waals surface area contributed by atoms with Gasteiger partial charge in [-0.15, -0.1) is 0 Å². The second kappa shape index (κ2) is 8.37. The van der Waals surface area contributed by atoms with Gasteiger partial charge in [-0.05, 0) is 25.0 Å². The van der Waals surface area contributed by atoms with Crippen molar-refractivity contribution in [3.05, 3.63) is 18.2 Å². The van der Waals surface area contributed by atoms with Crippen LogP contribution in [0.25, 0.3) is 0 Å². The first-order valence-electron chi connectivity index (χ1n) is 8.00. The van der Waals surface area contributed by atoms with Gasteiger partial charge in [0.2, 0.25) is 15.9 Å². The van der Waals surface area contributed by atoms with E-state index in [2.05, 4.69) is 10.0 Å². The van der Waals surface area contributed by atoms with E-state index in [0.717, 1.165) is 0 Å². The van der Waals surface area contributed by atoms with E-state index in [1.54, 1.807) is 0 Å². The van der Waals surface area contributed by atoms with Gasteiger partial charge in [0, 0.05) is 25.1 Å². The third-order valence-electron chi connectivity index (χ3n) is 4.16. The summed E-state index contributed by atoms with van der Waals surface area (Å²) in [7, 11) is -0.945. The number of benzene rings is 1. The first-order valence-corrected chi connectivity index (χ1v) is 9.49. The number of ether oxygens (including phenoxy) is 2. The standard InChI is InChI=1S/C16H22N2O7S/c1-24-13-4-3-12(9-14(13)25-2)26(22,23)17-6-5-15(19)18-11-7-10(8-11)16(20)21/h3-4,9-11,17H,5-8H2,1-2H3,(H,18,19)(H,20,21). The van der Waals surface area contributed by atoms with Gasteiger partial charge in [0.15, 0.2) is 11.5 Å². The molecular weight excluding hydrogens is 364 g/mol. The van der Waals surface area contributed by atoms with Gasteiger partial charge in [-0.25, -0.2) is 13.1 Å². The maximum Gasteiger partial charge on any atom is 0.306 e. The van der Waals surface area contributed by atoms with E-state index in [9.17, 15) is 18.0 Å². The molecule has 1 aromatic rings. The quantitative estimate of drug-likeness (QED) is 0.558. The van der Waals surface area contributed by atoms with Crippen LogP contribution in [0.15, 0.2) is 23.1 Å². The van der Waals surface area contributed by atoms with E-state index in [0.29, 0.717) is 18.6 Å². The van der Waals surface area contributed by atoms with E-state index in [1.807, 2.05) is 0 Å². The number of hydrogen-bond acceptors (Lipinski definition) is 6. The van der Waals surface area contributed by atoms with Crippen LogP contribution in [-0.4, -0.2) is 52.2 Å². The Labute approximate surface area is 151 Å². The number of hydrogen-bond donors (Lipinski definition) is 3. The number of aliphatic carboxylic acids is 1. The SMILES string of the molecule is COc1ccc(S(=O)(=O)NCCC(=O)NC2CC(C(=O)O)C2)cc1OC. The van der Waals surface area contributed by atoms with Crippen molar-refractivity contribution in [2.45, 2.75) is 30.2 Å². The number of sulfonamides is 1. The van der Waals surface area contributed by atoms with Crippen LogP contribution in [0, 0.1) is 5.92 Å². The Morgan fingerprint density at radius 2 is 1.85 bits per heavy atom. The third-order valence-corrected chi connectivity index (χ3v) is 5.62. The molecule has 1 fully saturated rings. The Morgan fingerprint density at radius 3 is 2.42 bits per heavy atom. The normalized spacial score (nSPS) is 19.3. The third kappa shape index (κ3) is 4.85. The van der Waals surface area contributed by atoms with Gasteiger partial charge in [0.1, 0.15) is 0 Å². The number of carbonyl (C=O) groups excluding carboxylic acids is 1. The van der Waals surface area contributed by atoms with Crippen LogP contribution in [0.2, 0.25) is 0 Å². The van der Waals surface area contributed by atoms with Crippen LogP contribution in [-0.2, 0) is 19.6 Å². The lowest BCUT2D eigenvalue weighted by Crippen LogP contribution is -2.47. The van der Waals surface area contributed by atoms with Crippen molar-refractivity contribution < 1.29 is 32.6 Å². The molecule has 0 aliphatic heterocycles. The lowest BCUT2D eigenvalue weighted by Gasteiger charge is -2.32. The molecule has 0 saturated heterocycles. The minimum Gasteiger partial charge on any atom is -0.493 e. The fourth-order valence-electron chi connectivity index (χ4n) is 2.60. The molecule has 1 amide bonds. The summed E-state index contributed by atoms with van der Waals surface area (Å²) in [5.41, 5.74) is 0. The largest absolute Gasteiger partial charge is 0.493 e. The summed E-state index contributed by atoms with van der Waals surface area (Å²) in [5, 5.41) is 11.5. The van der Waals surface area contributed by atoms with Crippen LogP contribution in [0.5, 0.6) is 11.5 Å². The highest BCUT2D eigenvalue weighted by Crippen LogP contribution is 2.29. The Balaban J connectivity index is 1.83. The first-order chi connectivity index (χ1) is 12.3. The minimum atomic E-state index is -3.80. The molecule has 10 heteroatoms. The van der Waals surface area contributed by atoms with Crippen LogP contribution in [0.1, 0.15) is 19.3 Å². The Morgan fingerprint density at radius 1 is 1.19 bits per heavy atom. The molecule has 144 valence electrons. The first kappa shape index (κ1) is 20.0. The molecule has 1 aliphatic carbocycles. The monoisotopic (exact) mass is 386 g/mol. The summed E-state index contributed by atoms with van der Waals surface area (Å²) in [6, 6.07) is 4.03. The fraction of sp³-hybridized carbons (Fsp3) is 0.500. The van der Waals surface area contributed by atoms with Crippen molar-refractivity contribution in [1.82, 2.24) is 10.0 Å². The summed E-state index contributed by atoms with van der Waals surface area (Å²) >= 11 is 0.